The number of aliphatic imine (C=N–C) groups is 1. The van der Waals surface area contributed by atoms with Crippen LogP contribution in [0, 0.1) is 0 Å². The zero-order valence-corrected chi connectivity index (χ0v) is 5.34. The SMILES string of the molecule is CC=C1N=C(C)OC1=O. The lowest BCUT2D eigenvalue weighted by Gasteiger charge is -1.85. The Bertz CT molecular complexity index is 203. The molecule has 0 aromatic carbocycles. The van der Waals surface area contributed by atoms with Gasteiger partial charge in [-0.25, -0.2) is 9.79 Å². The van der Waals surface area contributed by atoms with Crippen molar-refractivity contribution in [3.63, 3.8) is 0 Å². The van der Waals surface area contributed by atoms with Crippen LogP contribution in [0.4, 0.5) is 0 Å². The van der Waals surface area contributed by atoms with E-state index in [9.17, 15) is 4.79 Å². The fourth-order valence-corrected chi connectivity index (χ4v) is 0.607. The summed E-state index contributed by atoms with van der Waals surface area (Å²) in [7, 11) is 0. The van der Waals surface area contributed by atoms with Gasteiger partial charge in [-0.1, -0.05) is 6.08 Å². The van der Waals surface area contributed by atoms with Gasteiger partial charge in [0.1, 0.15) is 5.70 Å². The third-order valence-corrected chi connectivity index (χ3v) is 1.00. The first-order valence-electron chi connectivity index (χ1n) is 2.68. The highest BCUT2D eigenvalue weighted by molar-refractivity contribution is 6.03. The number of nitrogens with zero attached hydrogens (tertiary/aromatic N) is 1. The molecule has 0 unspecified atom stereocenters. The lowest BCUT2D eigenvalue weighted by molar-refractivity contribution is -0.130. The smallest absolute Gasteiger partial charge is 0.363 e. The van der Waals surface area contributed by atoms with Crippen molar-refractivity contribution in [1.29, 1.82) is 0 Å². The Labute approximate surface area is 53.0 Å². The molecule has 48 valence electrons. The second-order valence-electron chi connectivity index (χ2n) is 1.69. The fraction of sp³-hybridized carbons (Fsp3) is 0.333. The van der Waals surface area contributed by atoms with Crippen LogP contribution in [0.2, 0.25) is 0 Å². The Balaban J connectivity index is 2.89. The number of carbonyl (C=O) groups excluding carboxylic acids is 1. The van der Waals surface area contributed by atoms with Gasteiger partial charge in [-0.2, -0.15) is 0 Å². The van der Waals surface area contributed by atoms with Crippen LogP contribution in [-0.2, 0) is 9.53 Å². The maximum absolute atomic E-state index is 10.6. The van der Waals surface area contributed by atoms with Gasteiger partial charge in [0.15, 0.2) is 5.90 Å². The number of rotatable bonds is 0. The molecule has 1 aliphatic rings. The summed E-state index contributed by atoms with van der Waals surface area (Å²) in [5.74, 6) is 0.0723. The molecule has 1 rings (SSSR count). The summed E-state index contributed by atoms with van der Waals surface area (Å²) < 4.78 is 4.61. The van der Waals surface area contributed by atoms with E-state index < -0.39 is 0 Å². The standard InChI is InChI=1S/C6H7NO2/c1-3-5-6(8)9-4(2)7-5/h3H,1-2H3. The van der Waals surface area contributed by atoms with Gasteiger partial charge in [0, 0.05) is 6.92 Å². The molecule has 9 heavy (non-hydrogen) atoms. The van der Waals surface area contributed by atoms with Crippen molar-refractivity contribution in [1.82, 2.24) is 0 Å². The van der Waals surface area contributed by atoms with Crippen molar-refractivity contribution in [3.8, 4) is 0 Å². The number of esters is 1. The lowest BCUT2D eigenvalue weighted by atomic mass is 10.4. The number of carbonyl (C=O) groups is 1. The van der Waals surface area contributed by atoms with Crippen molar-refractivity contribution >= 4 is 11.9 Å². The first-order chi connectivity index (χ1) is 4.24. The third-order valence-electron chi connectivity index (χ3n) is 1.00. The van der Waals surface area contributed by atoms with E-state index in [2.05, 4.69) is 9.73 Å². The third kappa shape index (κ3) is 0.988. The van der Waals surface area contributed by atoms with Gasteiger partial charge in [0.25, 0.3) is 0 Å². The maximum atomic E-state index is 10.6. The summed E-state index contributed by atoms with van der Waals surface area (Å²) in [5.41, 5.74) is 0.396. The Hall–Kier alpha value is -1.12. The van der Waals surface area contributed by atoms with Gasteiger partial charge in [-0.3, -0.25) is 0 Å². The molecule has 0 saturated carbocycles. The molecule has 0 saturated heterocycles. The molecule has 0 aromatic rings. The average molecular weight is 125 g/mol. The molecule has 3 nitrogen and oxygen atoms in total. The largest absolute Gasteiger partial charge is 0.407 e. The number of allylic oxidation sites excluding steroid dienone is 1. The van der Waals surface area contributed by atoms with E-state index in [0.717, 1.165) is 0 Å². The van der Waals surface area contributed by atoms with Crippen LogP contribution in [0.25, 0.3) is 0 Å². The van der Waals surface area contributed by atoms with E-state index in [1.165, 1.54) is 0 Å². The normalized spacial score (nSPS) is 22.2. The minimum Gasteiger partial charge on any atom is -0.407 e. The summed E-state index contributed by atoms with van der Waals surface area (Å²) in [6.07, 6.45) is 1.62. The van der Waals surface area contributed by atoms with Crippen molar-refractivity contribution in [2.24, 2.45) is 4.99 Å². The van der Waals surface area contributed by atoms with Crippen LogP contribution < -0.4 is 0 Å². The van der Waals surface area contributed by atoms with E-state index in [4.69, 9.17) is 0 Å². The molecular formula is C6H7NO2. The number of ether oxygens (including phenoxy) is 1. The Morgan fingerprint density at radius 2 is 2.33 bits per heavy atom. The van der Waals surface area contributed by atoms with Crippen LogP contribution in [0.15, 0.2) is 16.8 Å². The molecule has 0 atom stereocenters. The molecule has 0 radical (unpaired) electrons. The van der Waals surface area contributed by atoms with Crippen LogP contribution in [0.5, 0.6) is 0 Å². The first kappa shape index (κ1) is 6.01. The van der Waals surface area contributed by atoms with Crippen LogP contribution in [0.3, 0.4) is 0 Å². The Morgan fingerprint density at radius 3 is 2.56 bits per heavy atom. The lowest BCUT2D eigenvalue weighted by Crippen LogP contribution is -1.99. The van der Waals surface area contributed by atoms with Crippen molar-refractivity contribution in [3.05, 3.63) is 11.8 Å². The van der Waals surface area contributed by atoms with Gasteiger partial charge in [-0.05, 0) is 6.92 Å². The fourth-order valence-electron chi connectivity index (χ4n) is 0.607. The molecule has 0 fully saturated rings. The summed E-state index contributed by atoms with van der Waals surface area (Å²) in [5, 5.41) is 0. The monoisotopic (exact) mass is 125 g/mol. The van der Waals surface area contributed by atoms with E-state index >= 15 is 0 Å². The molecule has 1 aliphatic heterocycles. The molecule has 0 bridgehead atoms. The van der Waals surface area contributed by atoms with E-state index in [-0.39, 0.29) is 5.97 Å². The van der Waals surface area contributed by atoms with Gasteiger partial charge >= 0.3 is 5.97 Å². The van der Waals surface area contributed by atoms with Gasteiger partial charge in [-0.15, -0.1) is 0 Å². The van der Waals surface area contributed by atoms with Crippen molar-refractivity contribution < 1.29 is 9.53 Å². The summed E-state index contributed by atoms with van der Waals surface area (Å²) >= 11 is 0. The minimum absolute atomic E-state index is 0.352. The number of hydrogen-bond donors (Lipinski definition) is 0. The molecule has 1 heterocycles. The number of cyclic esters (lactones) is 1. The van der Waals surface area contributed by atoms with Crippen LogP contribution in [0.1, 0.15) is 13.8 Å². The van der Waals surface area contributed by atoms with Crippen LogP contribution >= 0.6 is 0 Å². The second kappa shape index (κ2) is 2.01. The second-order valence-corrected chi connectivity index (χ2v) is 1.69. The summed E-state index contributed by atoms with van der Waals surface area (Å²) in [6.45, 7) is 3.40. The molecular weight excluding hydrogens is 118 g/mol. The molecule has 0 N–H and O–H groups in total. The van der Waals surface area contributed by atoms with E-state index in [1.54, 1.807) is 19.9 Å². The zero-order chi connectivity index (χ0) is 6.85. The average Bonchev–Trinajstić information content (AvgIpc) is 2.10. The van der Waals surface area contributed by atoms with E-state index in [0.29, 0.717) is 11.6 Å². The highest BCUT2D eigenvalue weighted by Gasteiger charge is 2.17. The predicted molar refractivity (Wildman–Crippen MR) is 33.0 cm³/mol. The summed E-state index contributed by atoms with van der Waals surface area (Å²) in [4.78, 5) is 14.4. The number of hydrogen-bond acceptors (Lipinski definition) is 3. The highest BCUT2D eigenvalue weighted by atomic mass is 16.6. The van der Waals surface area contributed by atoms with Gasteiger partial charge < -0.3 is 4.74 Å². The van der Waals surface area contributed by atoms with Crippen LogP contribution in [-0.4, -0.2) is 11.9 Å². The van der Waals surface area contributed by atoms with Crippen molar-refractivity contribution in [2.45, 2.75) is 13.8 Å². The van der Waals surface area contributed by atoms with Crippen molar-refractivity contribution in [2.75, 3.05) is 0 Å². The molecule has 0 amide bonds. The quantitative estimate of drug-likeness (QED) is 0.356. The molecule has 0 aliphatic carbocycles. The van der Waals surface area contributed by atoms with E-state index in [1.807, 2.05) is 0 Å². The molecule has 0 aromatic heterocycles. The zero-order valence-electron chi connectivity index (χ0n) is 5.34. The highest BCUT2D eigenvalue weighted by Crippen LogP contribution is 2.08. The molecule has 0 spiro atoms. The summed E-state index contributed by atoms with van der Waals surface area (Å²) in [6, 6.07) is 0. The maximum Gasteiger partial charge on any atom is 0.363 e. The predicted octanol–water partition coefficient (Wildman–Crippen LogP) is 0.865. The van der Waals surface area contributed by atoms with Gasteiger partial charge in [0.05, 0.1) is 0 Å². The Kier molecular flexibility index (Phi) is 1.34. The minimum atomic E-state index is -0.352. The topological polar surface area (TPSA) is 38.7 Å². The van der Waals surface area contributed by atoms with Gasteiger partial charge in [0.2, 0.25) is 0 Å². The Morgan fingerprint density at radius 1 is 1.67 bits per heavy atom. The molecule has 3 heteroatoms. The first-order valence-corrected chi connectivity index (χ1v) is 2.68.